The first-order chi connectivity index (χ1) is 8.52. The van der Waals surface area contributed by atoms with Crippen LogP contribution in [0.3, 0.4) is 0 Å². The van der Waals surface area contributed by atoms with Gasteiger partial charge in [0.15, 0.2) is 11.6 Å². The molecule has 1 unspecified atom stereocenters. The van der Waals surface area contributed by atoms with Crippen LogP contribution in [-0.4, -0.2) is 0 Å². The Labute approximate surface area is 106 Å². The Morgan fingerprint density at radius 3 is 2.28 bits per heavy atom. The van der Waals surface area contributed by atoms with Gasteiger partial charge in [-0.15, -0.1) is 0 Å². The summed E-state index contributed by atoms with van der Waals surface area (Å²) in [7, 11) is 0. The van der Waals surface area contributed by atoms with E-state index in [1.165, 1.54) is 0 Å². The lowest BCUT2D eigenvalue weighted by Gasteiger charge is -2.18. The first kappa shape index (κ1) is 14.9. The SMILES string of the molecule is CCCCC(CCC)c1c(F)cc(N)c(F)c1F. The Balaban J connectivity index is 3.14. The fourth-order valence-electron chi connectivity index (χ4n) is 2.23. The highest BCUT2D eigenvalue weighted by atomic mass is 19.2. The molecule has 1 aromatic rings. The van der Waals surface area contributed by atoms with Crippen molar-refractivity contribution >= 4 is 5.69 Å². The summed E-state index contributed by atoms with van der Waals surface area (Å²) in [4.78, 5) is 0. The Hall–Kier alpha value is -1.19. The molecule has 0 saturated carbocycles. The molecule has 0 bridgehead atoms. The molecule has 0 amide bonds. The monoisotopic (exact) mass is 259 g/mol. The average molecular weight is 259 g/mol. The Bertz CT molecular complexity index is 405. The third-order valence-electron chi connectivity index (χ3n) is 3.17. The van der Waals surface area contributed by atoms with Crippen molar-refractivity contribution in [3.8, 4) is 0 Å². The summed E-state index contributed by atoms with van der Waals surface area (Å²) < 4.78 is 41.1. The number of rotatable bonds is 6. The molecule has 0 aliphatic heterocycles. The van der Waals surface area contributed by atoms with Crippen LogP contribution in [0.2, 0.25) is 0 Å². The number of benzene rings is 1. The van der Waals surface area contributed by atoms with Gasteiger partial charge in [0.2, 0.25) is 0 Å². The van der Waals surface area contributed by atoms with E-state index in [-0.39, 0.29) is 11.5 Å². The van der Waals surface area contributed by atoms with Gasteiger partial charge < -0.3 is 5.73 Å². The summed E-state index contributed by atoms with van der Waals surface area (Å²) >= 11 is 0. The average Bonchev–Trinajstić information content (AvgIpc) is 2.33. The van der Waals surface area contributed by atoms with Crippen molar-refractivity contribution in [3.63, 3.8) is 0 Å². The molecule has 0 aromatic heterocycles. The predicted octanol–water partition coefficient (Wildman–Crippen LogP) is 4.76. The van der Waals surface area contributed by atoms with Crippen molar-refractivity contribution in [3.05, 3.63) is 29.1 Å². The van der Waals surface area contributed by atoms with Crippen molar-refractivity contribution in [2.45, 2.75) is 51.9 Å². The molecule has 102 valence electrons. The molecule has 0 aliphatic rings. The number of anilines is 1. The maximum absolute atomic E-state index is 13.8. The first-order valence-corrected chi connectivity index (χ1v) is 6.45. The van der Waals surface area contributed by atoms with Gasteiger partial charge in [0, 0.05) is 11.6 Å². The molecular formula is C14H20F3N. The quantitative estimate of drug-likeness (QED) is 0.578. The van der Waals surface area contributed by atoms with Crippen LogP contribution in [0.25, 0.3) is 0 Å². The molecule has 1 nitrogen and oxygen atoms in total. The fraction of sp³-hybridized carbons (Fsp3) is 0.571. The minimum Gasteiger partial charge on any atom is -0.396 e. The fourth-order valence-corrected chi connectivity index (χ4v) is 2.23. The normalized spacial score (nSPS) is 12.7. The molecule has 0 radical (unpaired) electrons. The molecule has 1 rings (SSSR count). The van der Waals surface area contributed by atoms with Crippen molar-refractivity contribution in [2.75, 3.05) is 5.73 Å². The van der Waals surface area contributed by atoms with E-state index in [9.17, 15) is 13.2 Å². The van der Waals surface area contributed by atoms with Gasteiger partial charge in [-0.1, -0.05) is 33.1 Å². The Morgan fingerprint density at radius 2 is 1.72 bits per heavy atom. The second kappa shape index (κ2) is 6.66. The third kappa shape index (κ3) is 3.18. The lowest BCUT2D eigenvalue weighted by atomic mass is 9.88. The highest BCUT2D eigenvalue weighted by molar-refractivity contribution is 5.44. The number of halogens is 3. The molecule has 0 spiro atoms. The van der Waals surface area contributed by atoms with E-state index in [1.54, 1.807) is 0 Å². The molecule has 18 heavy (non-hydrogen) atoms. The zero-order valence-electron chi connectivity index (χ0n) is 10.9. The molecular weight excluding hydrogens is 239 g/mol. The lowest BCUT2D eigenvalue weighted by Crippen LogP contribution is -2.09. The van der Waals surface area contributed by atoms with Crippen LogP contribution in [0, 0.1) is 17.5 Å². The van der Waals surface area contributed by atoms with Crippen molar-refractivity contribution < 1.29 is 13.2 Å². The third-order valence-corrected chi connectivity index (χ3v) is 3.17. The van der Waals surface area contributed by atoms with Gasteiger partial charge in [-0.25, -0.2) is 13.2 Å². The van der Waals surface area contributed by atoms with E-state index in [2.05, 4.69) is 0 Å². The predicted molar refractivity (Wildman–Crippen MR) is 67.9 cm³/mol. The summed E-state index contributed by atoms with van der Waals surface area (Å²) in [5, 5.41) is 0. The largest absolute Gasteiger partial charge is 0.396 e. The summed E-state index contributed by atoms with van der Waals surface area (Å²) in [5.74, 6) is -3.27. The van der Waals surface area contributed by atoms with Crippen LogP contribution in [0.5, 0.6) is 0 Å². The zero-order valence-corrected chi connectivity index (χ0v) is 10.9. The number of nitrogens with two attached hydrogens (primary N) is 1. The Kier molecular flexibility index (Phi) is 5.51. The van der Waals surface area contributed by atoms with Gasteiger partial charge in [0.05, 0.1) is 5.69 Å². The minimum atomic E-state index is -1.14. The van der Waals surface area contributed by atoms with Crippen LogP contribution >= 0.6 is 0 Å². The van der Waals surface area contributed by atoms with Gasteiger partial charge in [-0.2, -0.15) is 0 Å². The highest BCUT2D eigenvalue weighted by Crippen LogP contribution is 2.33. The number of hydrogen-bond donors (Lipinski definition) is 1. The molecule has 1 atom stereocenters. The molecule has 0 aliphatic carbocycles. The second-order valence-electron chi connectivity index (χ2n) is 4.62. The number of unbranched alkanes of at least 4 members (excludes halogenated alkanes) is 1. The summed E-state index contributed by atoms with van der Waals surface area (Å²) in [5.41, 5.74) is 4.60. The van der Waals surface area contributed by atoms with Crippen LogP contribution < -0.4 is 5.73 Å². The molecule has 0 heterocycles. The van der Waals surface area contributed by atoms with E-state index in [4.69, 9.17) is 5.73 Å². The van der Waals surface area contributed by atoms with E-state index in [0.717, 1.165) is 25.3 Å². The van der Waals surface area contributed by atoms with Crippen LogP contribution in [0.4, 0.5) is 18.9 Å². The lowest BCUT2D eigenvalue weighted by molar-refractivity contribution is 0.442. The topological polar surface area (TPSA) is 26.0 Å². The summed E-state index contributed by atoms with van der Waals surface area (Å²) in [6, 6.07) is 0.877. The van der Waals surface area contributed by atoms with Gasteiger partial charge >= 0.3 is 0 Å². The van der Waals surface area contributed by atoms with Crippen LogP contribution in [0.15, 0.2) is 6.07 Å². The van der Waals surface area contributed by atoms with Crippen LogP contribution in [0.1, 0.15) is 57.4 Å². The summed E-state index contributed by atoms with van der Waals surface area (Å²) in [6.45, 7) is 3.96. The minimum absolute atomic E-state index is 0.142. The standard InChI is InChI=1S/C14H20F3N/c1-3-5-7-9(6-4-2)12-10(15)8-11(18)13(16)14(12)17/h8-9H,3-7,18H2,1-2H3. The maximum atomic E-state index is 13.8. The maximum Gasteiger partial charge on any atom is 0.182 e. The van der Waals surface area contributed by atoms with E-state index in [0.29, 0.717) is 12.8 Å². The van der Waals surface area contributed by atoms with Crippen molar-refractivity contribution in [1.82, 2.24) is 0 Å². The van der Waals surface area contributed by atoms with Gasteiger partial charge in [-0.05, 0) is 18.8 Å². The molecule has 1 aromatic carbocycles. The second-order valence-corrected chi connectivity index (χ2v) is 4.62. The van der Waals surface area contributed by atoms with Gasteiger partial charge in [-0.3, -0.25) is 0 Å². The van der Waals surface area contributed by atoms with E-state index < -0.39 is 23.1 Å². The Morgan fingerprint density at radius 1 is 1.06 bits per heavy atom. The highest BCUT2D eigenvalue weighted by Gasteiger charge is 2.23. The van der Waals surface area contributed by atoms with E-state index >= 15 is 0 Å². The summed E-state index contributed by atoms with van der Waals surface area (Å²) in [6.07, 6.45) is 3.94. The molecule has 4 heteroatoms. The zero-order chi connectivity index (χ0) is 13.7. The number of hydrogen-bond acceptors (Lipinski definition) is 1. The van der Waals surface area contributed by atoms with Gasteiger partial charge in [0.1, 0.15) is 5.82 Å². The van der Waals surface area contributed by atoms with Crippen LogP contribution in [-0.2, 0) is 0 Å². The first-order valence-electron chi connectivity index (χ1n) is 6.45. The van der Waals surface area contributed by atoms with Gasteiger partial charge in [0.25, 0.3) is 0 Å². The van der Waals surface area contributed by atoms with Crippen molar-refractivity contribution in [1.29, 1.82) is 0 Å². The van der Waals surface area contributed by atoms with Crippen molar-refractivity contribution in [2.24, 2.45) is 0 Å². The number of nitrogen functional groups attached to an aromatic ring is 1. The van der Waals surface area contributed by atoms with E-state index in [1.807, 2.05) is 13.8 Å². The smallest absolute Gasteiger partial charge is 0.182 e. The molecule has 0 saturated heterocycles. The molecule has 2 N–H and O–H groups in total. The molecule has 0 fully saturated rings.